The zero-order chi connectivity index (χ0) is 46.4. The molecule has 1 aliphatic rings. The number of hydrogen-bond donors (Lipinski definition) is 1. The summed E-state index contributed by atoms with van der Waals surface area (Å²) in [6.07, 6.45) is -1.77. The maximum absolute atomic E-state index is 14.4. The van der Waals surface area contributed by atoms with Crippen LogP contribution in [0.25, 0.3) is 0 Å². The molecule has 15 nitrogen and oxygen atoms in total. The first kappa shape index (κ1) is 48.4. The number of carbonyl (C=O) groups is 2. The highest BCUT2D eigenvalue weighted by Gasteiger charge is 2.52. The highest BCUT2D eigenvalue weighted by atomic mass is 31.2. The highest BCUT2D eigenvalue weighted by molar-refractivity contribution is 7.41. The van der Waals surface area contributed by atoms with Crippen molar-refractivity contribution < 1.29 is 46.5 Å². The lowest BCUT2D eigenvalue weighted by atomic mass is 9.99. The van der Waals surface area contributed by atoms with Crippen molar-refractivity contribution in [2.24, 2.45) is 0 Å². The molecule has 4 aromatic carbocycles. The van der Waals surface area contributed by atoms with E-state index in [4.69, 9.17) is 36.9 Å². The first-order valence-electron chi connectivity index (χ1n) is 20.9. The number of carbonyl (C=O) groups excluding carboxylic acids is 2. The Labute approximate surface area is 381 Å². The van der Waals surface area contributed by atoms with E-state index in [-0.39, 0.29) is 43.5 Å². The van der Waals surface area contributed by atoms with Gasteiger partial charge in [-0.15, -0.1) is 0 Å². The lowest BCUT2D eigenvalue weighted by molar-refractivity contribution is -0.0422. The number of aromatic nitrogens is 2. The van der Waals surface area contributed by atoms with Crippen LogP contribution in [0.2, 0.25) is 5.04 Å². The highest BCUT2D eigenvalue weighted by Crippen LogP contribution is 2.50. The second-order valence-electron chi connectivity index (χ2n) is 15.8. The fourth-order valence-electron chi connectivity index (χ4n) is 7.52. The standard InChI is InChI=1S/C48H53N4O11PSi/c1-7-27-58-47(55)51-42-24-26-52(46(54)50-42)43-32-40(41(61-43)33-60-65(48(2,3)4,38-20-13-9-14-21-38)39-22-15-10-16-23-39)62-64(59-28-17-25-49)63-45(44(53)34-18-11-8-12-19-34)35-29-36(56-5)31-37(30-35)57-6/h7-16,18-24,26,29-31,40-41,43,45H,1,17,27-28,32-33H2,2-6H3,(H,50,51,54,55)/t40-,41+,43+,45?,64?/m0/s1. The maximum Gasteiger partial charge on any atom is 0.413 e. The number of rotatable bonds is 21. The molecule has 6 rings (SSSR count). The number of Topliss-reactive ketones (excluding diaryl/α,β-unsaturated/α-hetero) is 1. The van der Waals surface area contributed by atoms with E-state index in [1.54, 1.807) is 48.5 Å². The number of nitrogens with zero attached hydrogens (tertiary/aromatic N) is 3. The van der Waals surface area contributed by atoms with Gasteiger partial charge in [-0.1, -0.05) is 124 Å². The lowest BCUT2D eigenvalue weighted by Crippen LogP contribution is -2.67. The molecule has 1 aliphatic heterocycles. The van der Waals surface area contributed by atoms with Crippen molar-refractivity contribution >= 4 is 45.0 Å². The van der Waals surface area contributed by atoms with Gasteiger partial charge in [0.15, 0.2) is 11.9 Å². The molecule has 1 N–H and O–H groups in total. The van der Waals surface area contributed by atoms with E-state index in [2.05, 4.69) is 68.0 Å². The third kappa shape index (κ3) is 12.0. The number of ketones is 1. The summed E-state index contributed by atoms with van der Waals surface area (Å²) >= 11 is 0. The Kier molecular flexibility index (Phi) is 16.9. The summed E-state index contributed by atoms with van der Waals surface area (Å²) < 4.78 is 51.0. The van der Waals surface area contributed by atoms with Gasteiger partial charge >= 0.3 is 20.4 Å². The molecule has 0 saturated carbocycles. The summed E-state index contributed by atoms with van der Waals surface area (Å²) in [7, 11) is -2.57. The van der Waals surface area contributed by atoms with E-state index < -0.39 is 59.0 Å². The Morgan fingerprint density at radius 1 is 0.969 bits per heavy atom. The van der Waals surface area contributed by atoms with Gasteiger partial charge in [0.25, 0.3) is 8.32 Å². The van der Waals surface area contributed by atoms with Crippen molar-refractivity contribution in [1.82, 2.24) is 9.55 Å². The molecule has 5 aromatic rings. The Bertz CT molecular complexity index is 2410. The Balaban J connectivity index is 1.40. The molecule has 0 radical (unpaired) electrons. The van der Waals surface area contributed by atoms with Gasteiger partial charge in [-0.3, -0.25) is 19.2 Å². The number of methoxy groups -OCH3 is 2. The normalized spacial score (nSPS) is 17.0. The van der Waals surface area contributed by atoms with Crippen LogP contribution in [-0.4, -0.2) is 76.0 Å². The Morgan fingerprint density at radius 2 is 1.58 bits per heavy atom. The number of nitriles is 1. The monoisotopic (exact) mass is 920 g/mol. The fourth-order valence-corrected chi connectivity index (χ4v) is 13.3. The molecule has 65 heavy (non-hydrogen) atoms. The Morgan fingerprint density at radius 3 is 2.14 bits per heavy atom. The fraction of sp³-hybridized carbons (Fsp3) is 0.312. The summed E-state index contributed by atoms with van der Waals surface area (Å²) in [4.78, 5) is 44.4. The van der Waals surface area contributed by atoms with Gasteiger partial charge in [-0.2, -0.15) is 10.2 Å². The smallest absolute Gasteiger partial charge is 0.413 e. The van der Waals surface area contributed by atoms with Crippen LogP contribution >= 0.6 is 8.60 Å². The first-order valence-corrected chi connectivity index (χ1v) is 23.9. The minimum atomic E-state index is -3.13. The molecule has 1 amide bonds. The molecule has 1 aromatic heterocycles. The van der Waals surface area contributed by atoms with Crippen LogP contribution in [0.1, 0.15) is 61.9 Å². The first-order chi connectivity index (χ1) is 31.4. The Hall–Kier alpha value is -6.02. The molecule has 17 heteroatoms. The van der Waals surface area contributed by atoms with E-state index in [0.717, 1.165) is 10.4 Å². The van der Waals surface area contributed by atoms with Crippen molar-refractivity contribution in [3.63, 3.8) is 0 Å². The van der Waals surface area contributed by atoms with E-state index in [1.165, 1.54) is 37.1 Å². The van der Waals surface area contributed by atoms with Crippen molar-refractivity contribution in [2.75, 3.05) is 39.4 Å². The van der Waals surface area contributed by atoms with Crippen LogP contribution in [0.4, 0.5) is 10.6 Å². The molecule has 1 saturated heterocycles. The van der Waals surface area contributed by atoms with Crippen LogP contribution in [0, 0.1) is 11.3 Å². The third-order valence-corrected chi connectivity index (χ3v) is 16.8. The molecule has 340 valence electrons. The van der Waals surface area contributed by atoms with Crippen molar-refractivity contribution in [3.05, 3.63) is 156 Å². The largest absolute Gasteiger partial charge is 0.497 e. The zero-order valence-electron chi connectivity index (χ0n) is 37.0. The number of benzene rings is 4. The number of ether oxygens (including phenoxy) is 4. The van der Waals surface area contributed by atoms with Crippen LogP contribution < -0.4 is 30.9 Å². The van der Waals surface area contributed by atoms with Crippen LogP contribution in [-0.2, 0) is 27.5 Å². The minimum absolute atomic E-state index is 0.00258. The second kappa shape index (κ2) is 22.7. The number of hydrogen-bond acceptors (Lipinski definition) is 13. The van der Waals surface area contributed by atoms with E-state index in [0.29, 0.717) is 22.6 Å². The van der Waals surface area contributed by atoms with Crippen molar-refractivity contribution in [1.29, 1.82) is 5.26 Å². The maximum atomic E-state index is 14.4. The van der Waals surface area contributed by atoms with E-state index in [9.17, 15) is 19.6 Å². The topological polar surface area (TPSA) is 179 Å². The summed E-state index contributed by atoms with van der Waals surface area (Å²) in [6, 6.07) is 37.4. The third-order valence-electron chi connectivity index (χ3n) is 10.6. The molecule has 0 spiro atoms. The molecule has 2 heterocycles. The lowest BCUT2D eigenvalue weighted by Gasteiger charge is -2.43. The predicted molar refractivity (Wildman–Crippen MR) is 248 cm³/mol. The van der Waals surface area contributed by atoms with Crippen LogP contribution in [0.5, 0.6) is 11.5 Å². The zero-order valence-corrected chi connectivity index (χ0v) is 38.9. The average Bonchev–Trinajstić information content (AvgIpc) is 3.71. The summed E-state index contributed by atoms with van der Waals surface area (Å²) in [6.45, 7) is 9.91. The van der Waals surface area contributed by atoms with Gasteiger partial charge in [0.1, 0.15) is 36.3 Å². The summed E-state index contributed by atoms with van der Waals surface area (Å²) in [5.74, 6) is 0.424. The number of amides is 1. The van der Waals surface area contributed by atoms with Crippen LogP contribution in [0.15, 0.2) is 139 Å². The number of nitrogens with one attached hydrogen (secondary N) is 1. The molecule has 5 atom stereocenters. The van der Waals surface area contributed by atoms with Gasteiger partial charge in [0.05, 0.1) is 46.0 Å². The van der Waals surface area contributed by atoms with E-state index in [1.807, 2.05) is 36.4 Å². The molecule has 1 fully saturated rings. The molecular formula is C48H53N4O11PSi. The predicted octanol–water partition coefficient (Wildman–Crippen LogP) is 8.04. The minimum Gasteiger partial charge on any atom is -0.497 e. The van der Waals surface area contributed by atoms with Gasteiger partial charge in [0.2, 0.25) is 0 Å². The molecular weight excluding hydrogens is 868 g/mol. The molecule has 2 unspecified atom stereocenters. The van der Waals surface area contributed by atoms with E-state index >= 15 is 0 Å². The van der Waals surface area contributed by atoms with Crippen LogP contribution in [0.3, 0.4) is 0 Å². The van der Waals surface area contributed by atoms with Gasteiger partial charge in [0, 0.05) is 24.2 Å². The average molecular weight is 921 g/mol. The second-order valence-corrected chi connectivity index (χ2v) is 21.3. The molecule has 0 bridgehead atoms. The molecule has 0 aliphatic carbocycles. The van der Waals surface area contributed by atoms with Gasteiger partial charge in [-0.05, 0) is 39.2 Å². The summed E-state index contributed by atoms with van der Waals surface area (Å²) in [5.41, 5.74) is 0.0563. The SMILES string of the molecule is C=CCOC(=O)Nc1ccn([C@H]2C[C@H](OP(OCCC#N)OC(C(=O)c3ccccc3)c3cc(OC)cc(OC)c3)[C@@H](CO[Si](c3ccccc3)(c3ccccc3)C(C)(C)C)O2)c(=O)n1. The van der Waals surface area contributed by atoms with Crippen molar-refractivity contribution in [2.45, 2.75) is 63.2 Å². The summed E-state index contributed by atoms with van der Waals surface area (Å²) in [5, 5.41) is 13.7. The van der Waals surface area contributed by atoms with Crippen molar-refractivity contribution in [3.8, 4) is 17.6 Å². The van der Waals surface area contributed by atoms with Gasteiger partial charge in [-0.25, -0.2) is 9.59 Å². The number of anilines is 1. The van der Waals surface area contributed by atoms with Gasteiger partial charge < -0.3 is 32.4 Å². The quantitative estimate of drug-likeness (QED) is 0.0246.